The number of aromatic hydroxyl groups is 1. The summed E-state index contributed by atoms with van der Waals surface area (Å²) in [6.45, 7) is 2.81. The number of aromatic nitrogens is 2. The van der Waals surface area contributed by atoms with Crippen LogP contribution in [0.4, 0.5) is 4.39 Å². The second-order valence-electron chi connectivity index (χ2n) is 7.87. The van der Waals surface area contributed by atoms with Gasteiger partial charge >= 0.3 is 0 Å². The lowest BCUT2D eigenvalue weighted by atomic mass is 10.2. The van der Waals surface area contributed by atoms with Gasteiger partial charge in [-0.2, -0.15) is 0 Å². The normalized spacial score (nSPS) is 13.9. The zero-order valence-electron chi connectivity index (χ0n) is 17.6. The van der Waals surface area contributed by atoms with Crippen molar-refractivity contribution in [3.63, 3.8) is 0 Å². The fourth-order valence-corrected chi connectivity index (χ4v) is 3.81. The van der Waals surface area contributed by atoms with Crippen molar-refractivity contribution >= 4 is 5.91 Å². The van der Waals surface area contributed by atoms with Gasteiger partial charge in [0.2, 0.25) is 11.7 Å². The van der Waals surface area contributed by atoms with Gasteiger partial charge in [-0.25, -0.2) is 9.37 Å². The highest BCUT2D eigenvalue weighted by molar-refractivity contribution is 5.78. The number of fused-ring (bicyclic) bond motifs is 1. The molecule has 1 aromatic heterocycles. The molecule has 1 aliphatic rings. The fraction of sp³-hybridized carbons (Fsp3) is 0.292. The summed E-state index contributed by atoms with van der Waals surface area (Å²) in [4.78, 5) is 31.8. The van der Waals surface area contributed by atoms with Crippen LogP contribution in [0.15, 0.2) is 59.4 Å². The molecule has 32 heavy (non-hydrogen) atoms. The van der Waals surface area contributed by atoms with E-state index in [0.29, 0.717) is 25.3 Å². The molecule has 0 spiro atoms. The monoisotopic (exact) mass is 436 g/mol. The van der Waals surface area contributed by atoms with E-state index in [9.17, 15) is 19.1 Å². The standard InChI is InChI=1S/C24H25FN4O3/c25-19-8-6-17(7-9-19)15-26-22(30)14-20-23(31)24(32)29-13-12-28(11-10-21(29)27-20)16-18-4-2-1-3-5-18/h1-9,31H,10-16H2,(H,26,30). The first-order valence-corrected chi connectivity index (χ1v) is 10.6. The number of carbonyl (C=O) groups excluding carboxylic acids is 1. The van der Waals surface area contributed by atoms with Crippen molar-refractivity contribution in [3.8, 4) is 5.75 Å². The molecule has 1 aliphatic heterocycles. The van der Waals surface area contributed by atoms with Gasteiger partial charge in [0.05, 0.1) is 12.1 Å². The van der Waals surface area contributed by atoms with Crippen LogP contribution in [0.25, 0.3) is 0 Å². The highest BCUT2D eigenvalue weighted by Crippen LogP contribution is 2.15. The summed E-state index contributed by atoms with van der Waals surface area (Å²) in [7, 11) is 0. The van der Waals surface area contributed by atoms with Crippen molar-refractivity contribution in [3.05, 3.63) is 93.4 Å². The van der Waals surface area contributed by atoms with Gasteiger partial charge < -0.3 is 10.4 Å². The van der Waals surface area contributed by atoms with Crippen molar-refractivity contribution < 1.29 is 14.3 Å². The van der Waals surface area contributed by atoms with Gasteiger partial charge in [-0.05, 0) is 23.3 Å². The minimum Gasteiger partial charge on any atom is -0.502 e. The third-order valence-corrected chi connectivity index (χ3v) is 5.57. The molecule has 7 nitrogen and oxygen atoms in total. The van der Waals surface area contributed by atoms with Gasteiger partial charge in [-0.15, -0.1) is 0 Å². The van der Waals surface area contributed by atoms with Crippen LogP contribution in [0, 0.1) is 5.82 Å². The fourth-order valence-electron chi connectivity index (χ4n) is 3.81. The molecular weight excluding hydrogens is 411 g/mol. The summed E-state index contributed by atoms with van der Waals surface area (Å²) in [5.41, 5.74) is 1.50. The van der Waals surface area contributed by atoms with Crippen molar-refractivity contribution in [2.45, 2.75) is 32.5 Å². The Morgan fingerprint density at radius 2 is 1.78 bits per heavy atom. The van der Waals surface area contributed by atoms with Crippen LogP contribution < -0.4 is 10.9 Å². The van der Waals surface area contributed by atoms with Crippen LogP contribution in [-0.2, 0) is 37.3 Å². The first-order valence-electron chi connectivity index (χ1n) is 10.6. The summed E-state index contributed by atoms with van der Waals surface area (Å²) in [6, 6.07) is 15.9. The number of nitrogens with zero attached hydrogens (tertiary/aromatic N) is 3. The van der Waals surface area contributed by atoms with Crippen molar-refractivity contribution in [2.24, 2.45) is 0 Å². The number of halogens is 1. The highest BCUT2D eigenvalue weighted by Gasteiger charge is 2.21. The van der Waals surface area contributed by atoms with E-state index in [0.717, 1.165) is 18.7 Å². The molecule has 0 fully saturated rings. The molecule has 0 saturated carbocycles. The van der Waals surface area contributed by atoms with E-state index >= 15 is 0 Å². The van der Waals surface area contributed by atoms with Gasteiger partial charge in [0.1, 0.15) is 11.6 Å². The summed E-state index contributed by atoms with van der Waals surface area (Å²) in [6.07, 6.45) is 0.344. The van der Waals surface area contributed by atoms with Crippen LogP contribution in [0.1, 0.15) is 22.6 Å². The van der Waals surface area contributed by atoms with Gasteiger partial charge in [0, 0.05) is 39.1 Å². The first kappa shape index (κ1) is 21.7. The Morgan fingerprint density at radius 3 is 2.53 bits per heavy atom. The first-order chi connectivity index (χ1) is 15.5. The Bertz CT molecular complexity index is 1150. The lowest BCUT2D eigenvalue weighted by Gasteiger charge is -2.19. The zero-order valence-corrected chi connectivity index (χ0v) is 17.6. The molecule has 0 radical (unpaired) electrons. The number of nitrogens with one attached hydrogen (secondary N) is 1. The van der Waals surface area contributed by atoms with Gasteiger partial charge in [-0.1, -0.05) is 42.5 Å². The van der Waals surface area contributed by atoms with E-state index in [-0.39, 0.29) is 30.4 Å². The Balaban J connectivity index is 1.42. The second kappa shape index (κ2) is 9.74. The molecule has 0 atom stereocenters. The zero-order chi connectivity index (χ0) is 22.5. The predicted octanol–water partition coefficient (Wildman–Crippen LogP) is 2.01. The van der Waals surface area contributed by atoms with Crippen molar-refractivity contribution in [1.82, 2.24) is 19.8 Å². The van der Waals surface area contributed by atoms with E-state index < -0.39 is 11.3 Å². The topological polar surface area (TPSA) is 87.5 Å². The lowest BCUT2D eigenvalue weighted by molar-refractivity contribution is -0.120. The maximum absolute atomic E-state index is 13.0. The molecule has 3 aromatic rings. The van der Waals surface area contributed by atoms with Crippen molar-refractivity contribution in [2.75, 3.05) is 13.1 Å². The molecule has 0 aliphatic carbocycles. The number of carbonyl (C=O) groups is 1. The van der Waals surface area contributed by atoms with E-state index in [1.54, 1.807) is 12.1 Å². The average molecular weight is 436 g/mol. The lowest BCUT2D eigenvalue weighted by Crippen LogP contribution is -2.30. The van der Waals surface area contributed by atoms with Crippen LogP contribution >= 0.6 is 0 Å². The minimum atomic E-state index is -0.516. The average Bonchev–Trinajstić information content (AvgIpc) is 3.00. The largest absolute Gasteiger partial charge is 0.502 e. The van der Waals surface area contributed by atoms with Gasteiger partial charge in [-0.3, -0.25) is 19.1 Å². The number of amides is 1. The number of hydrogen-bond acceptors (Lipinski definition) is 5. The van der Waals surface area contributed by atoms with Crippen LogP contribution in [-0.4, -0.2) is 38.6 Å². The van der Waals surface area contributed by atoms with E-state index in [1.165, 1.54) is 22.3 Å². The van der Waals surface area contributed by atoms with Gasteiger partial charge in [0.25, 0.3) is 5.56 Å². The maximum atomic E-state index is 13.0. The van der Waals surface area contributed by atoms with E-state index in [2.05, 4.69) is 27.3 Å². The Labute approximate surface area is 185 Å². The SMILES string of the molecule is O=C(Cc1nc2n(c(=O)c1O)CCN(Cc1ccccc1)CC2)NCc1ccc(F)cc1. The molecule has 2 aromatic carbocycles. The maximum Gasteiger partial charge on any atom is 0.296 e. The third-order valence-electron chi connectivity index (χ3n) is 5.57. The summed E-state index contributed by atoms with van der Waals surface area (Å²) in [5, 5.41) is 13.1. The summed E-state index contributed by atoms with van der Waals surface area (Å²) < 4.78 is 14.5. The summed E-state index contributed by atoms with van der Waals surface area (Å²) in [5.74, 6) is -0.630. The van der Waals surface area contributed by atoms with Gasteiger partial charge in [0.15, 0.2) is 0 Å². The molecule has 0 unspecified atom stereocenters. The molecule has 0 bridgehead atoms. The molecule has 0 saturated heterocycles. The molecule has 8 heteroatoms. The van der Waals surface area contributed by atoms with E-state index in [1.807, 2.05) is 18.2 Å². The van der Waals surface area contributed by atoms with Crippen LogP contribution in [0.5, 0.6) is 5.75 Å². The van der Waals surface area contributed by atoms with Crippen molar-refractivity contribution in [1.29, 1.82) is 0 Å². The van der Waals surface area contributed by atoms with E-state index in [4.69, 9.17) is 0 Å². The Kier molecular flexibility index (Phi) is 6.61. The molecule has 1 amide bonds. The highest BCUT2D eigenvalue weighted by atomic mass is 19.1. The Hall–Kier alpha value is -3.52. The van der Waals surface area contributed by atoms with Crippen LogP contribution in [0.2, 0.25) is 0 Å². The quantitative estimate of drug-likeness (QED) is 0.617. The molecule has 166 valence electrons. The van der Waals surface area contributed by atoms with Crippen LogP contribution in [0.3, 0.4) is 0 Å². The molecular formula is C24H25FN4O3. The number of hydrogen-bond donors (Lipinski definition) is 2. The number of rotatable bonds is 6. The predicted molar refractivity (Wildman–Crippen MR) is 118 cm³/mol. The molecule has 4 rings (SSSR count). The third kappa shape index (κ3) is 5.20. The smallest absolute Gasteiger partial charge is 0.296 e. The minimum absolute atomic E-state index is 0.0781. The second-order valence-corrected chi connectivity index (χ2v) is 7.87. The number of benzene rings is 2. The molecule has 2 N–H and O–H groups in total. The molecule has 2 heterocycles. The Morgan fingerprint density at radius 1 is 1.03 bits per heavy atom. The summed E-state index contributed by atoms with van der Waals surface area (Å²) >= 11 is 0.